The van der Waals surface area contributed by atoms with Crippen LogP contribution in [0.25, 0.3) is 0 Å². The van der Waals surface area contributed by atoms with Gasteiger partial charge in [0.25, 0.3) is 0 Å². The van der Waals surface area contributed by atoms with Crippen LogP contribution in [0.3, 0.4) is 0 Å². The van der Waals surface area contributed by atoms with E-state index in [9.17, 15) is 19.5 Å². The topological polar surface area (TPSA) is 123 Å². The Kier molecular flexibility index (Phi) is 8.46. The van der Waals surface area contributed by atoms with E-state index in [1.165, 1.54) is 7.11 Å². The molecule has 0 saturated carbocycles. The maximum absolute atomic E-state index is 12.1. The number of anilines is 1. The van der Waals surface area contributed by atoms with Crippen molar-refractivity contribution in [2.24, 2.45) is 0 Å². The van der Waals surface area contributed by atoms with Crippen molar-refractivity contribution in [3.05, 3.63) is 59.7 Å². The summed E-state index contributed by atoms with van der Waals surface area (Å²) in [6, 6.07) is 12.6. The first-order chi connectivity index (χ1) is 15.1. The Morgan fingerprint density at radius 3 is 2.28 bits per heavy atom. The lowest BCUT2D eigenvalue weighted by molar-refractivity contribution is -0.139. The van der Waals surface area contributed by atoms with Gasteiger partial charge in [-0.15, -0.1) is 0 Å². The van der Waals surface area contributed by atoms with Gasteiger partial charge in [-0.3, -0.25) is 5.32 Å². The number of carboxylic acid groups (broad SMARTS) is 1. The number of alkyl carbamates (subject to hydrolysis) is 1. The van der Waals surface area contributed by atoms with Gasteiger partial charge < -0.3 is 24.6 Å². The van der Waals surface area contributed by atoms with Crippen LogP contribution >= 0.6 is 0 Å². The lowest BCUT2D eigenvalue weighted by atomic mass is 10.0. The monoisotopic (exact) mass is 444 g/mol. The van der Waals surface area contributed by atoms with Gasteiger partial charge in [-0.2, -0.15) is 0 Å². The average molecular weight is 444 g/mol. The van der Waals surface area contributed by atoms with Crippen molar-refractivity contribution < 1.29 is 33.7 Å². The highest BCUT2D eigenvalue weighted by atomic mass is 16.6. The Morgan fingerprint density at radius 1 is 1.00 bits per heavy atom. The van der Waals surface area contributed by atoms with E-state index in [0.29, 0.717) is 17.0 Å². The number of rotatable bonds is 8. The molecule has 9 nitrogen and oxygen atoms in total. The molecule has 0 aliphatic rings. The maximum atomic E-state index is 12.1. The molecule has 0 unspecified atom stereocenters. The molecule has 2 rings (SSSR count). The molecule has 0 spiro atoms. The number of hydrogen-bond acceptors (Lipinski definition) is 6. The zero-order valence-electron chi connectivity index (χ0n) is 18.5. The van der Waals surface area contributed by atoms with E-state index >= 15 is 0 Å². The van der Waals surface area contributed by atoms with Crippen molar-refractivity contribution in [3.63, 3.8) is 0 Å². The average Bonchev–Trinajstić information content (AvgIpc) is 2.71. The van der Waals surface area contributed by atoms with E-state index in [-0.39, 0.29) is 13.0 Å². The Bertz CT molecular complexity index is 939. The van der Waals surface area contributed by atoms with Gasteiger partial charge in [-0.1, -0.05) is 36.4 Å². The van der Waals surface area contributed by atoms with Gasteiger partial charge in [0.2, 0.25) is 0 Å². The van der Waals surface area contributed by atoms with Crippen LogP contribution in [0.1, 0.15) is 31.9 Å². The van der Waals surface area contributed by atoms with Crippen LogP contribution in [0.2, 0.25) is 0 Å². The number of aliphatic carboxylic acids is 1. The summed E-state index contributed by atoms with van der Waals surface area (Å²) in [5, 5.41) is 14.5. The summed E-state index contributed by atoms with van der Waals surface area (Å²) in [6.07, 6.45) is -1.56. The number of nitrogens with one attached hydrogen (secondary N) is 2. The smallest absolute Gasteiger partial charge is 0.412 e. The highest BCUT2D eigenvalue weighted by Gasteiger charge is 2.23. The minimum absolute atomic E-state index is 0.0193. The summed E-state index contributed by atoms with van der Waals surface area (Å²) in [6.45, 7) is 5.23. The molecule has 2 amide bonds. The van der Waals surface area contributed by atoms with Crippen molar-refractivity contribution in [1.29, 1.82) is 0 Å². The fourth-order valence-corrected chi connectivity index (χ4v) is 2.74. The second-order valence-corrected chi connectivity index (χ2v) is 7.96. The van der Waals surface area contributed by atoms with E-state index in [2.05, 4.69) is 10.6 Å². The van der Waals surface area contributed by atoms with Gasteiger partial charge in [0.15, 0.2) is 0 Å². The molecule has 32 heavy (non-hydrogen) atoms. The van der Waals surface area contributed by atoms with E-state index in [1.807, 2.05) is 18.2 Å². The number of carbonyl (C=O) groups is 3. The van der Waals surface area contributed by atoms with E-state index in [1.54, 1.807) is 51.1 Å². The van der Waals surface area contributed by atoms with Crippen LogP contribution in [-0.4, -0.2) is 42.0 Å². The molecule has 0 aliphatic heterocycles. The number of amides is 2. The van der Waals surface area contributed by atoms with Crippen molar-refractivity contribution in [2.75, 3.05) is 12.4 Å². The first-order valence-corrected chi connectivity index (χ1v) is 9.94. The molecular formula is C23H28N2O7. The summed E-state index contributed by atoms with van der Waals surface area (Å²) < 4.78 is 15.6. The third-order valence-corrected chi connectivity index (χ3v) is 4.14. The molecule has 0 saturated heterocycles. The highest BCUT2D eigenvalue weighted by Crippen LogP contribution is 2.27. The zero-order chi connectivity index (χ0) is 23.7. The fourth-order valence-electron chi connectivity index (χ4n) is 2.74. The molecule has 0 heterocycles. The van der Waals surface area contributed by atoms with E-state index in [4.69, 9.17) is 14.2 Å². The molecule has 0 bridgehead atoms. The molecule has 9 heteroatoms. The second-order valence-electron chi connectivity index (χ2n) is 7.96. The molecule has 3 N–H and O–H groups in total. The minimum atomic E-state index is -1.24. The van der Waals surface area contributed by atoms with Crippen LogP contribution in [0.5, 0.6) is 5.75 Å². The third-order valence-electron chi connectivity index (χ3n) is 4.14. The molecule has 172 valence electrons. The standard InChI is InChI=1S/C23H28N2O7/c1-23(2,3)32-22(29)24-17-12-16(10-11-19(17)30-4)13-18(20(26)27)25-21(28)31-14-15-8-6-5-7-9-15/h5-12,18H,13-14H2,1-4H3,(H,24,29)(H,25,28)(H,26,27)/t18-/m1/s1. The van der Waals surface area contributed by atoms with Gasteiger partial charge in [-0.25, -0.2) is 14.4 Å². The number of benzene rings is 2. The lowest BCUT2D eigenvalue weighted by Gasteiger charge is -2.21. The molecule has 0 fully saturated rings. The summed E-state index contributed by atoms with van der Waals surface area (Å²) in [5.74, 6) is -0.846. The number of ether oxygens (including phenoxy) is 3. The van der Waals surface area contributed by atoms with Crippen LogP contribution in [0.4, 0.5) is 15.3 Å². The van der Waals surface area contributed by atoms with Crippen LogP contribution in [0, 0.1) is 0 Å². The number of carboxylic acids is 1. The lowest BCUT2D eigenvalue weighted by Crippen LogP contribution is -2.42. The predicted octanol–water partition coefficient (Wildman–Crippen LogP) is 3.96. The fraction of sp³-hybridized carbons (Fsp3) is 0.348. The van der Waals surface area contributed by atoms with Crippen molar-refractivity contribution >= 4 is 23.8 Å². The number of carbonyl (C=O) groups excluding carboxylic acids is 2. The van der Waals surface area contributed by atoms with Crippen LogP contribution < -0.4 is 15.4 Å². The van der Waals surface area contributed by atoms with E-state index in [0.717, 1.165) is 5.56 Å². The summed E-state index contributed by atoms with van der Waals surface area (Å²) in [4.78, 5) is 35.9. The number of hydrogen-bond donors (Lipinski definition) is 3. The normalized spacial score (nSPS) is 11.8. The Balaban J connectivity index is 2.05. The van der Waals surface area contributed by atoms with Crippen LogP contribution in [-0.2, 0) is 27.3 Å². The van der Waals surface area contributed by atoms with Gasteiger partial charge >= 0.3 is 18.2 Å². The summed E-state index contributed by atoms with van der Waals surface area (Å²) in [5.41, 5.74) is 0.957. The zero-order valence-corrected chi connectivity index (χ0v) is 18.5. The first-order valence-electron chi connectivity index (χ1n) is 9.94. The summed E-state index contributed by atoms with van der Waals surface area (Å²) in [7, 11) is 1.44. The molecule has 0 aromatic heterocycles. The van der Waals surface area contributed by atoms with Gasteiger partial charge in [0.05, 0.1) is 12.8 Å². The largest absolute Gasteiger partial charge is 0.495 e. The molecule has 2 aromatic rings. The molecular weight excluding hydrogens is 416 g/mol. The highest BCUT2D eigenvalue weighted by molar-refractivity contribution is 5.87. The molecule has 0 radical (unpaired) electrons. The SMILES string of the molecule is COc1ccc(C[C@@H](NC(=O)OCc2ccccc2)C(=O)O)cc1NC(=O)OC(C)(C)C. The Labute approximate surface area is 186 Å². The Morgan fingerprint density at radius 2 is 1.69 bits per heavy atom. The summed E-state index contributed by atoms with van der Waals surface area (Å²) >= 11 is 0. The number of methoxy groups -OCH3 is 1. The minimum Gasteiger partial charge on any atom is -0.495 e. The maximum Gasteiger partial charge on any atom is 0.412 e. The Hall–Kier alpha value is -3.75. The van der Waals surface area contributed by atoms with Gasteiger partial charge in [0.1, 0.15) is 24.0 Å². The first kappa shape index (κ1) is 24.5. The predicted molar refractivity (Wildman–Crippen MR) is 118 cm³/mol. The second kappa shape index (κ2) is 11.0. The molecule has 1 atom stereocenters. The van der Waals surface area contributed by atoms with Crippen molar-refractivity contribution in [3.8, 4) is 5.75 Å². The van der Waals surface area contributed by atoms with Gasteiger partial charge in [0, 0.05) is 6.42 Å². The molecule has 0 aliphatic carbocycles. The molecule has 2 aromatic carbocycles. The van der Waals surface area contributed by atoms with E-state index < -0.39 is 29.8 Å². The van der Waals surface area contributed by atoms with Gasteiger partial charge in [-0.05, 0) is 44.0 Å². The van der Waals surface area contributed by atoms with Crippen molar-refractivity contribution in [2.45, 2.75) is 45.4 Å². The quantitative estimate of drug-likeness (QED) is 0.563. The van der Waals surface area contributed by atoms with Crippen molar-refractivity contribution in [1.82, 2.24) is 5.32 Å². The van der Waals surface area contributed by atoms with Crippen LogP contribution in [0.15, 0.2) is 48.5 Å². The third kappa shape index (κ3) is 8.17.